The van der Waals surface area contributed by atoms with Crippen molar-refractivity contribution in [1.82, 2.24) is 0 Å². The predicted molar refractivity (Wildman–Crippen MR) is 87.0 cm³/mol. The Morgan fingerprint density at radius 1 is 0.875 bits per heavy atom. The fourth-order valence-corrected chi connectivity index (χ4v) is 2.08. The minimum absolute atomic E-state index is 0.0847. The largest absolute Gasteiger partial charge is 0.466 e. The van der Waals surface area contributed by atoms with Crippen molar-refractivity contribution in [2.75, 3.05) is 6.61 Å². The summed E-state index contributed by atoms with van der Waals surface area (Å²) in [6.07, 6.45) is 1.31. The summed E-state index contributed by atoms with van der Waals surface area (Å²) in [6.45, 7) is 0.302. The van der Waals surface area contributed by atoms with Crippen LogP contribution in [0.15, 0.2) is 54.6 Å². The van der Waals surface area contributed by atoms with Crippen LogP contribution >= 0.6 is 0 Å². The molecule has 0 aromatic heterocycles. The van der Waals surface area contributed by atoms with E-state index in [4.69, 9.17) is 9.47 Å². The molecule has 0 atom stereocenters. The Bertz CT molecular complexity index is 670. The maximum atomic E-state index is 13.3. The van der Waals surface area contributed by atoms with Crippen LogP contribution in [0, 0.1) is 5.82 Å². The number of esters is 2. The zero-order chi connectivity index (χ0) is 17.2. The third-order valence-corrected chi connectivity index (χ3v) is 3.31. The Morgan fingerprint density at radius 2 is 1.54 bits per heavy atom. The van der Waals surface area contributed by atoms with Gasteiger partial charge in [-0.05, 0) is 30.5 Å². The fourth-order valence-electron chi connectivity index (χ4n) is 2.08. The monoisotopic (exact) mass is 330 g/mol. The van der Waals surface area contributed by atoms with Gasteiger partial charge in [-0.2, -0.15) is 0 Å². The minimum atomic E-state index is -0.665. The first kappa shape index (κ1) is 17.7. The number of carbonyl (C=O) groups excluding carboxylic acids is 2. The molecule has 0 bridgehead atoms. The van der Waals surface area contributed by atoms with Crippen LogP contribution in [-0.4, -0.2) is 18.5 Å². The Kier molecular flexibility index (Phi) is 6.95. The van der Waals surface area contributed by atoms with Crippen molar-refractivity contribution < 1.29 is 23.5 Å². The van der Waals surface area contributed by atoms with E-state index < -0.39 is 17.8 Å². The molecule has 0 heterocycles. The van der Waals surface area contributed by atoms with Gasteiger partial charge in [0.2, 0.25) is 0 Å². The van der Waals surface area contributed by atoms with Crippen LogP contribution in [0.3, 0.4) is 0 Å². The van der Waals surface area contributed by atoms with Gasteiger partial charge < -0.3 is 9.47 Å². The van der Waals surface area contributed by atoms with Gasteiger partial charge in [0.05, 0.1) is 19.4 Å². The van der Waals surface area contributed by atoms with Crippen LogP contribution in [-0.2, 0) is 20.7 Å². The third-order valence-electron chi connectivity index (χ3n) is 3.31. The summed E-state index contributed by atoms with van der Waals surface area (Å²) in [5.74, 6) is -1.89. The molecule has 2 aromatic rings. The second-order valence-electron chi connectivity index (χ2n) is 5.21. The summed E-state index contributed by atoms with van der Waals surface area (Å²) in [4.78, 5) is 23.2. The second kappa shape index (κ2) is 9.45. The third kappa shape index (κ3) is 6.20. The van der Waals surface area contributed by atoms with Gasteiger partial charge in [0.15, 0.2) is 11.6 Å². The van der Waals surface area contributed by atoms with Crippen molar-refractivity contribution in [1.29, 1.82) is 0 Å². The second-order valence-corrected chi connectivity index (χ2v) is 5.21. The molecule has 0 saturated carbocycles. The number of hydrogen-bond acceptors (Lipinski definition) is 4. The number of benzene rings is 2. The molecule has 24 heavy (non-hydrogen) atoms. The van der Waals surface area contributed by atoms with Crippen LogP contribution in [0.5, 0.6) is 5.75 Å². The maximum absolute atomic E-state index is 13.3. The zero-order valence-electron chi connectivity index (χ0n) is 13.2. The smallest absolute Gasteiger partial charge is 0.311 e. The van der Waals surface area contributed by atoms with E-state index in [9.17, 15) is 14.0 Å². The maximum Gasteiger partial charge on any atom is 0.311 e. The molecule has 2 aromatic carbocycles. The molecule has 2 rings (SSSR count). The van der Waals surface area contributed by atoms with Gasteiger partial charge in [0, 0.05) is 0 Å². The van der Waals surface area contributed by atoms with Crippen LogP contribution in [0.25, 0.3) is 0 Å². The van der Waals surface area contributed by atoms with Gasteiger partial charge in [-0.3, -0.25) is 9.59 Å². The Hall–Kier alpha value is -2.69. The van der Waals surface area contributed by atoms with Crippen molar-refractivity contribution in [3.63, 3.8) is 0 Å². The molecular formula is C19H19FO4. The quantitative estimate of drug-likeness (QED) is 0.421. The van der Waals surface area contributed by atoms with Crippen LogP contribution in [0.1, 0.15) is 24.8 Å². The van der Waals surface area contributed by atoms with E-state index in [-0.39, 0.29) is 18.6 Å². The molecule has 0 aliphatic heterocycles. The summed E-state index contributed by atoms with van der Waals surface area (Å²) in [5, 5.41) is 0. The van der Waals surface area contributed by atoms with Gasteiger partial charge in [-0.15, -0.1) is 0 Å². The zero-order valence-corrected chi connectivity index (χ0v) is 13.2. The molecule has 0 saturated heterocycles. The van der Waals surface area contributed by atoms with Gasteiger partial charge in [-0.25, -0.2) is 4.39 Å². The van der Waals surface area contributed by atoms with E-state index in [1.165, 1.54) is 23.8 Å². The van der Waals surface area contributed by atoms with Crippen LogP contribution in [0.4, 0.5) is 4.39 Å². The molecule has 5 heteroatoms. The first-order chi connectivity index (χ1) is 11.6. The summed E-state index contributed by atoms with van der Waals surface area (Å²) in [6, 6.07) is 15.5. The average molecular weight is 330 g/mol. The first-order valence-electron chi connectivity index (χ1n) is 7.80. The Labute approximate surface area is 140 Å². The standard InChI is InChI=1S/C19H19FO4/c20-16-10-4-5-11-17(16)24-19(22)13-12-18(21)23-14-6-9-15-7-2-1-3-8-15/h1-5,7-8,10-11H,6,9,12-14H2. The normalized spacial score (nSPS) is 10.2. The van der Waals surface area contributed by atoms with Gasteiger partial charge in [-0.1, -0.05) is 42.5 Å². The number of carbonyl (C=O) groups is 2. The first-order valence-corrected chi connectivity index (χ1v) is 7.80. The molecule has 126 valence electrons. The Morgan fingerprint density at radius 3 is 2.29 bits per heavy atom. The topological polar surface area (TPSA) is 52.6 Å². The van der Waals surface area contributed by atoms with E-state index in [1.807, 2.05) is 30.3 Å². The summed E-state index contributed by atoms with van der Waals surface area (Å²) < 4.78 is 23.3. The molecular weight excluding hydrogens is 311 g/mol. The lowest BCUT2D eigenvalue weighted by molar-refractivity contribution is -0.147. The SMILES string of the molecule is O=C(CCC(=O)Oc1ccccc1F)OCCCc1ccccc1. The summed E-state index contributed by atoms with van der Waals surface area (Å²) in [5.41, 5.74) is 1.18. The highest BCUT2D eigenvalue weighted by Crippen LogP contribution is 2.16. The molecule has 0 radical (unpaired) electrons. The number of halogens is 1. The van der Waals surface area contributed by atoms with Crippen LogP contribution in [0.2, 0.25) is 0 Å². The number of rotatable bonds is 8. The molecule has 0 spiro atoms. The molecule has 0 unspecified atom stereocenters. The van der Waals surface area contributed by atoms with Crippen molar-refractivity contribution in [3.8, 4) is 5.75 Å². The minimum Gasteiger partial charge on any atom is -0.466 e. The van der Waals surface area contributed by atoms with E-state index in [0.29, 0.717) is 6.61 Å². The van der Waals surface area contributed by atoms with Gasteiger partial charge in [0.1, 0.15) is 0 Å². The highest BCUT2D eigenvalue weighted by molar-refractivity contribution is 5.79. The molecule has 0 fully saturated rings. The lowest BCUT2D eigenvalue weighted by Crippen LogP contribution is -2.13. The molecule has 0 N–H and O–H groups in total. The van der Waals surface area contributed by atoms with Crippen LogP contribution < -0.4 is 4.74 Å². The van der Waals surface area contributed by atoms with Gasteiger partial charge >= 0.3 is 11.9 Å². The van der Waals surface area contributed by atoms with Crippen molar-refractivity contribution in [3.05, 3.63) is 66.0 Å². The molecule has 4 nitrogen and oxygen atoms in total. The lowest BCUT2D eigenvalue weighted by atomic mass is 10.1. The molecule has 0 aliphatic rings. The average Bonchev–Trinajstić information content (AvgIpc) is 2.60. The Balaban J connectivity index is 1.60. The number of aryl methyl sites for hydroxylation is 1. The van der Waals surface area contributed by atoms with E-state index in [2.05, 4.69) is 0 Å². The van der Waals surface area contributed by atoms with Crippen molar-refractivity contribution in [2.45, 2.75) is 25.7 Å². The summed E-state index contributed by atoms with van der Waals surface area (Å²) >= 11 is 0. The number of ether oxygens (including phenoxy) is 2. The number of hydrogen-bond donors (Lipinski definition) is 0. The highest BCUT2D eigenvalue weighted by Gasteiger charge is 2.12. The summed E-state index contributed by atoms with van der Waals surface area (Å²) in [7, 11) is 0. The fraction of sp³-hybridized carbons (Fsp3) is 0.263. The molecule has 0 amide bonds. The highest BCUT2D eigenvalue weighted by atomic mass is 19.1. The van der Waals surface area contributed by atoms with Crippen molar-refractivity contribution in [2.24, 2.45) is 0 Å². The number of para-hydroxylation sites is 1. The molecule has 0 aliphatic carbocycles. The van der Waals surface area contributed by atoms with Crippen molar-refractivity contribution >= 4 is 11.9 Å². The van der Waals surface area contributed by atoms with E-state index in [0.717, 1.165) is 12.8 Å². The van der Waals surface area contributed by atoms with E-state index in [1.54, 1.807) is 6.07 Å². The van der Waals surface area contributed by atoms with E-state index >= 15 is 0 Å². The van der Waals surface area contributed by atoms with Gasteiger partial charge in [0.25, 0.3) is 0 Å². The lowest BCUT2D eigenvalue weighted by Gasteiger charge is -2.06. The predicted octanol–water partition coefficient (Wildman–Crippen LogP) is 3.69.